The standard InChI is InChI=1S/C26H35N5S/c1-2-17-16-31-14-12-18(17)15-24(31)25(20-11-13-28-22-9-5-3-7-19(20)22)30-26(32)29-23-10-6-4-8-21(23)27/h2-3,5,7,9,11,13,17-18,21,23-25H,1,4,6,8,10,12,14-16,27H2,(H2,29,30,32)/t17?,18?,21-,23-,24+,25+/m1/s1. The number of nitrogens with zero attached hydrogens (tertiary/aromatic N) is 2. The van der Waals surface area contributed by atoms with E-state index in [1.807, 2.05) is 6.20 Å². The van der Waals surface area contributed by atoms with Crippen molar-refractivity contribution in [3.63, 3.8) is 0 Å². The van der Waals surface area contributed by atoms with Crippen molar-refractivity contribution in [1.82, 2.24) is 20.5 Å². The number of hydrogen-bond acceptors (Lipinski definition) is 4. The zero-order valence-electron chi connectivity index (χ0n) is 18.7. The van der Waals surface area contributed by atoms with Crippen LogP contribution in [0.25, 0.3) is 10.9 Å². The third-order valence-electron chi connectivity index (χ3n) is 7.98. The average molecular weight is 450 g/mol. The second-order valence-corrected chi connectivity index (χ2v) is 10.2. The number of nitrogens with one attached hydrogen (secondary N) is 2. The Morgan fingerprint density at radius 3 is 2.84 bits per heavy atom. The van der Waals surface area contributed by atoms with E-state index in [2.05, 4.69) is 63.5 Å². The lowest BCUT2D eigenvalue weighted by Gasteiger charge is -2.52. The summed E-state index contributed by atoms with van der Waals surface area (Å²) < 4.78 is 0. The van der Waals surface area contributed by atoms with Crippen LogP contribution in [0.5, 0.6) is 0 Å². The molecule has 1 aliphatic carbocycles. The maximum atomic E-state index is 6.39. The minimum Gasteiger partial charge on any atom is -0.358 e. The first-order valence-corrected chi connectivity index (χ1v) is 12.6. The van der Waals surface area contributed by atoms with Crippen molar-refractivity contribution in [3.8, 4) is 0 Å². The van der Waals surface area contributed by atoms with Crippen LogP contribution in [0.4, 0.5) is 0 Å². The minimum atomic E-state index is 0.108. The van der Waals surface area contributed by atoms with E-state index in [9.17, 15) is 0 Å². The van der Waals surface area contributed by atoms with E-state index in [0.29, 0.717) is 17.9 Å². The summed E-state index contributed by atoms with van der Waals surface area (Å²) in [6.07, 6.45) is 11.1. The number of piperidine rings is 3. The van der Waals surface area contributed by atoms with Gasteiger partial charge in [-0.1, -0.05) is 37.1 Å². The SMILES string of the molecule is C=CC1CN2CCC1C[C@H]2[C@@H](NC(=S)N[C@@H]1CCCC[C@H]1N)c1ccnc2ccccc12. The predicted octanol–water partition coefficient (Wildman–Crippen LogP) is 3.91. The number of pyridine rings is 1. The molecule has 6 rings (SSSR count). The molecule has 1 aromatic heterocycles. The van der Waals surface area contributed by atoms with Crippen LogP contribution in [0.15, 0.2) is 49.2 Å². The fourth-order valence-corrected chi connectivity index (χ4v) is 6.46. The Labute approximate surface area is 196 Å². The molecule has 2 aromatic rings. The lowest BCUT2D eigenvalue weighted by Crippen LogP contribution is -2.59. The van der Waals surface area contributed by atoms with Crippen LogP contribution in [0.1, 0.15) is 50.1 Å². The molecule has 3 saturated heterocycles. The van der Waals surface area contributed by atoms with Gasteiger partial charge in [-0.15, -0.1) is 6.58 Å². The predicted molar refractivity (Wildman–Crippen MR) is 135 cm³/mol. The minimum absolute atomic E-state index is 0.108. The average Bonchev–Trinajstić information content (AvgIpc) is 2.84. The summed E-state index contributed by atoms with van der Waals surface area (Å²) in [5.41, 5.74) is 8.70. The number of fused-ring (bicyclic) bond motifs is 4. The molecule has 0 amide bonds. The van der Waals surface area contributed by atoms with Gasteiger partial charge in [-0.3, -0.25) is 9.88 Å². The van der Waals surface area contributed by atoms with Gasteiger partial charge in [0.05, 0.1) is 11.6 Å². The largest absolute Gasteiger partial charge is 0.358 e. The van der Waals surface area contributed by atoms with E-state index in [0.717, 1.165) is 43.0 Å². The Morgan fingerprint density at radius 2 is 2.06 bits per heavy atom. The summed E-state index contributed by atoms with van der Waals surface area (Å²) in [5, 5.41) is 9.24. The second-order valence-electron chi connectivity index (χ2n) is 9.81. The lowest BCUT2D eigenvalue weighted by molar-refractivity contribution is 0.00426. The van der Waals surface area contributed by atoms with Gasteiger partial charge < -0.3 is 16.4 Å². The van der Waals surface area contributed by atoms with Gasteiger partial charge in [-0.05, 0) is 74.0 Å². The molecule has 6 heteroatoms. The monoisotopic (exact) mass is 449 g/mol. The van der Waals surface area contributed by atoms with E-state index in [-0.39, 0.29) is 18.1 Å². The molecule has 2 bridgehead atoms. The van der Waals surface area contributed by atoms with Gasteiger partial charge >= 0.3 is 0 Å². The van der Waals surface area contributed by atoms with E-state index in [1.54, 1.807) is 0 Å². The molecule has 0 radical (unpaired) electrons. The zero-order chi connectivity index (χ0) is 22.1. The highest BCUT2D eigenvalue weighted by Crippen LogP contribution is 2.42. The number of rotatable bonds is 5. The Bertz CT molecular complexity index is 972. The Morgan fingerprint density at radius 1 is 1.22 bits per heavy atom. The Balaban J connectivity index is 1.44. The van der Waals surface area contributed by atoms with Gasteiger partial charge in [-0.2, -0.15) is 0 Å². The molecule has 4 aliphatic rings. The molecule has 3 aliphatic heterocycles. The Kier molecular flexibility index (Phi) is 6.44. The van der Waals surface area contributed by atoms with Gasteiger partial charge in [0.1, 0.15) is 0 Å². The third kappa shape index (κ3) is 4.28. The van der Waals surface area contributed by atoms with Gasteiger partial charge in [0.2, 0.25) is 0 Å². The third-order valence-corrected chi connectivity index (χ3v) is 8.21. The van der Waals surface area contributed by atoms with Gasteiger partial charge in [0.15, 0.2) is 5.11 Å². The molecular weight excluding hydrogens is 414 g/mol. The molecule has 1 aromatic carbocycles. The van der Waals surface area contributed by atoms with Crippen LogP contribution in [-0.4, -0.2) is 46.2 Å². The summed E-state index contributed by atoms with van der Waals surface area (Å²) >= 11 is 5.86. The highest BCUT2D eigenvalue weighted by molar-refractivity contribution is 7.80. The van der Waals surface area contributed by atoms with Crippen LogP contribution in [0, 0.1) is 11.8 Å². The van der Waals surface area contributed by atoms with Crippen molar-refractivity contribution >= 4 is 28.2 Å². The first kappa shape index (κ1) is 21.8. The van der Waals surface area contributed by atoms with E-state index in [4.69, 9.17) is 18.0 Å². The van der Waals surface area contributed by atoms with Gasteiger partial charge in [-0.25, -0.2) is 0 Å². The van der Waals surface area contributed by atoms with E-state index in [1.165, 1.54) is 30.2 Å². The van der Waals surface area contributed by atoms with Crippen molar-refractivity contribution in [3.05, 3.63) is 54.7 Å². The summed E-state index contributed by atoms with van der Waals surface area (Å²) in [6, 6.07) is 11.5. The van der Waals surface area contributed by atoms with Gasteiger partial charge in [0, 0.05) is 36.3 Å². The van der Waals surface area contributed by atoms with Crippen molar-refractivity contribution in [2.24, 2.45) is 17.6 Å². The summed E-state index contributed by atoms with van der Waals surface area (Å²) in [4.78, 5) is 7.25. The second kappa shape index (κ2) is 9.46. The van der Waals surface area contributed by atoms with Crippen LogP contribution >= 0.6 is 12.2 Å². The number of benzene rings is 1. The van der Waals surface area contributed by atoms with Crippen LogP contribution < -0.4 is 16.4 Å². The van der Waals surface area contributed by atoms with Crippen molar-refractivity contribution in [2.45, 2.75) is 62.7 Å². The summed E-state index contributed by atoms with van der Waals surface area (Å²) in [6.45, 7) is 6.34. The molecule has 0 spiro atoms. The first-order chi connectivity index (χ1) is 15.6. The van der Waals surface area contributed by atoms with Crippen LogP contribution in [-0.2, 0) is 0 Å². The molecule has 4 heterocycles. The molecule has 170 valence electrons. The van der Waals surface area contributed by atoms with Crippen molar-refractivity contribution in [2.75, 3.05) is 13.1 Å². The quantitative estimate of drug-likeness (QED) is 0.475. The lowest BCUT2D eigenvalue weighted by atomic mass is 9.73. The molecule has 3 unspecified atom stereocenters. The molecule has 7 atom stereocenters. The Hall–Kier alpha value is -2.02. The number of nitrogens with two attached hydrogens (primary N) is 1. The normalized spacial score (nSPS) is 32.9. The van der Waals surface area contributed by atoms with Crippen LogP contribution in [0.3, 0.4) is 0 Å². The topological polar surface area (TPSA) is 66.2 Å². The highest BCUT2D eigenvalue weighted by atomic mass is 32.1. The fraction of sp³-hybridized carbons (Fsp3) is 0.538. The number of aromatic nitrogens is 1. The fourth-order valence-electron chi connectivity index (χ4n) is 6.18. The summed E-state index contributed by atoms with van der Waals surface area (Å²) in [7, 11) is 0. The number of thiocarbonyl (C=S) groups is 1. The molecule has 5 nitrogen and oxygen atoms in total. The zero-order valence-corrected chi connectivity index (χ0v) is 19.6. The molecule has 1 saturated carbocycles. The number of hydrogen-bond donors (Lipinski definition) is 3. The maximum Gasteiger partial charge on any atom is 0.167 e. The van der Waals surface area contributed by atoms with E-state index >= 15 is 0 Å². The first-order valence-electron chi connectivity index (χ1n) is 12.2. The maximum absolute atomic E-state index is 6.39. The highest BCUT2D eigenvalue weighted by Gasteiger charge is 2.43. The van der Waals surface area contributed by atoms with Crippen molar-refractivity contribution < 1.29 is 0 Å². The number of para-hydroxylation sites is 1. The van der Waals surface area contributed by atoms with Crippen molar-refractivity contribution in [1.29, 1.82) is 0 Å². The summed E-state index contributed by atoms with van der Waals surface area (Å²) in [5.74, 6) is 1.30. The molecule has 4 fully saturated rings. The van der Waals surface area contributed by atoms with Crippen LogP contribution in [0.2, 0.25) is 0 Å². The molecule has 32 heavy (non-hydrogen) atoms. The van der Waals surface area contributed by atoms with E-state index < -0.39 is 0 Å². The molecular formula is C26H35N5S. The smallest absolute Gasteiger partial charge is 0.167 e. The molecule has 4 N–H and O–H groups in total. The van der Waals surface area contributed by atoms with Gasteiger partial charge in [0.25, 0.3) is 0 Å².